The number of carbonyl (C=O) groups excluding carboxylic acids is 1. The summed E-state index contributed by atoms with van der Waals surface area (Å²) in [6, 6.07) is 19.8. The summed E-state index contributed by atoms with van der Waals surface area (Å²) in [5.74, 6) is 1.17. The van der Waals surface area contributed by atoms with Crippen molar-refractivity contribution in [2.45, 2.75) is 13.3 Å². The van der Waals surface area contributed by atoms with Crippen LogP contribution in [0.5, 0.6) is 5.75 Å². The number of nitrogens with zero attached hydrogens (tertiary/aromatic N) is 2. The van der Waals surface area contributed by atoms with E-state index in [9.17, 15) is 4.79 Å². The Balaban J connectivity index is 1.63. The van der Waals surface area contributed by atoms with E-state index in [1.165, 1.54) is 5.56 Å². The molecule has 0 atom stereocenters. The van der Waals surface area contributed by atoms with Crippen molar-refractivity contribution in [3.8, 4) is 5.75 Å². The zero-order valence-corrected chi connectivity index (χ0v) is 14.4. The third-order valence-electron chi connectivity index (χ3n) is 3.84. The Morgan fingerprint density at radius 1 is 1.12 bits per heavy atom. The lowest BCUT2D eigenvalue weighted by atomic mass is 10.0. The van der Waals surface area contributed by atoms with Gasteiger partial charge >= 0.3 is 0 Å². The standard InChI is InChI=1S/C20H21N3O2/c1-15-12-19(23(2)22-15)21-20(24)14-25-18-11-7-6-10-17(18)13-16-8-4-3-5-9-16/h3-12H,13-14H2,1-2H3,(H,21,24). The highest BCUT2D eigenvalue weighted by Gasteiger charge is 2.10. The second-order valence-electron chi connectivity index (χ2n) is 5.90. The number of hydrogen-bond acceptors (Lipinski definition) is 3. The highest BCUT2D eigenvalue weighted by molar-refractivity contribution is 5.91. The van der Waals surface area contributed by atoms with E-state index in [1.807, 2.05) is 55.5 Å². The van der Waals surface area contributed by atoms with E-state index in [0.717, 1.165) is 23.4 Å². The molecule has 0 aliphatic rings. The van der Waals surface area contributed by atoms with Gasteiger partial charge < -0.3 is 10.1 Å². The number of aryl methyl sites for hydroxylation is 2. The number of aromatic nitrogens is 2. The summed E-state index contributed by atoms with van der Waals surface area (Å²) in [6.45, 7) is 1.84. The van der Waals surface area contributed by atoms with Gasteiger partial charge in [0.05, 0.1) is 5.69 Å². The fraction of sp³-hybridized carbons (Fsp3) is 0.200. The summed E-state index contributed by atoms with van der Waals surface area (Å²) >= 11 is 0. The molecule has 5 heteroatoms. The van der Waals surface area contributed by atoms with Crippen molar-refractivity contribution in [3.63, 3.8) is 0 Å². The molecular weight excluding hydrogens is 314 g/mol. The average molecular weight is 335 g/mol. The number of ether oxygens (including phenoxy) is 1. The summed E-state index contributed by atoms with van der Waals surface area (Å²) in [4.78, 5) is 12.1. The van der Waals surface area contributed by atoms with Crippen molar-refractivity contribution in [1.29, 1.82) is 0 Å². The maximum Gasteiger partial charge on any atom is 0.263 e. The van der Waals surface area contributed by atoms with Crippen molar-refractivity contribution in [2.75, 3.05) is 11.9 Å². The van der Waals surface area contributed by atoms with Gasteiger partial charge in [-0.3, -0.25) is 9.48 Å². The first-order valence-electron chi connectivity index (χ1n) is 8.17. The minimum absolute atomic E-state index is 0.0456. The van der Waals surface area contributed by atoms with Crippen LogP contribution in [0.1, 0.15) is 16.8 Å². The smallest absolute Gasteiger partial charge is 0.263 e. The van der Waals surface area contributed by atoms with Gasteiger partial charge in [0.15, 0.2) is 6.61 Å². The minimum Gasteiger partial charge on any atom is -0.483 e. The quantitative estimate of drug-likeness (QED) is 0.752. The van der Waals surface area contributed by atoms with Gasteiger partial charge in [-0.05, 0) is 24.1 Å². The molecule has 0 unspecified atom stereocenters. The number of amides is 1. The van der Waals surface area contributed by atoms with E-state index in [0.29, 0.717) is 5.82 Å². The molecule has 3 aromatic rings. The van der Waals surface area contributed by atoms with Crippen LogP contribution in [0.2, 0.25) is 0 Å². The zero-order chi connectivity index (χ0) is 17.6. The minimum atomic E-state index is -0.211. The predicted octanol–water partition coefficient (Wildman–Crippen LogP) is 3.34. The third-order valence-corrected chi connectivity index (χ3v) is 3.84. The van der Waals surface area contributed by atoms with E-state index in [1.54, 1.807) is 11.7 Å². The van der Waals surface area contributed by atoms with Crippen molar-refractivity contribution in [2.24, 2.45) is 7.05 Å². The number of rotatable bonds is 6. The van der Waals surface area contributed by atoms with E-state index >= 15 is 0 Å². The fourth-order valence-corrected chi connectivity index (χ4v) is 2.66. The van der Waals surface area contributed by atoms with Crippen LogP contribution in [0, 0.1) is 6.92 Å². The number of para-hydroxylation sites is 1. The molecule has 0 aliphatic carbocycles. The van der Waals surface area contributed by atoms with Gasteiger partial charge in [0.2, 0.25) is 0 Å². The second kappa shape index (κ2) is 7.66. The highest BCUT2D eigenvalue weighted by Crippen LogP contribution is 2.21. The zero-order valence-electron chi connectivity index (χ0n) is 14.4. The molecule has 0 bridgehead atoms. The van der Waals surface area contributed by atoms with E-state index < -0.39 is 0 Å². The Morgan fingerprint density at radius 3 is 2.56 bits per heavy atom. The molecule has 128 valence electrons. The van der Waals surface area contributed by atoms with Crippen molar-refractivity contribution in [3.05, 3.63) is 77.5 Å². The van der Waals surface area contributed by atoms with Crippen LogP contribution in [0.15, 0.2) is 60.7 Å². The molecule has 1 aromatic heterocycles. The molecule has 5 nitrogen and oxygen atoms in total. The molecule has 1 heterocycles. The molecular formula is C20H21N3O2. The molecule has 0 radical (unpaired) electrons. The van der Waals surface area contributed by atoms with Crippen LogP contribution in [0.3, 0.4) is 0 Å². The fourth-order valence-electron chi connectivity index (χ4n) is 2.66. The lowest BCUT2D eigenvalue weighted by molar-refractivity contribution is -0.118. The number of nitrogens with one attached hydrogen (secondary N) is 1. The summed E-state index contributed by atoms with van der Waals surface area (Å²) in [5, 5.41) is 7.01. The van der Waals surface area contributed by atoms with Gasteiger partial charge in [0, 0.05) is 19.5 Å². The first kappa shape index (κ1) is 16.8. The topological polar surface area (TPSA) is 56.1 Å². The molecule has 0 saturated carbocycles. The van der Waals surface area contributed by atoms with Gasteiger partial charge in [-0.15, -0.1) is 0 Å². The van der Waals surface area contributed by atoms with Crippen LogP contribution in [-0.2, 0) is 18.3 Å². The lowest BCUT2D eigenvalue weighted by Crippen LogP contribution is -2.22. The SMILES string of the molecule is Cc1cc(NC(=O)COc2ccccc2Cc2ccccc2)n(C)n1. The summed E-state index contributed by atoms with van der Waals surface area (Å²) in [6.07, 6.45) is 0.763. The molecule has 0 aliphatic heterocycles. The Bertz CT molecular complexity index is 856. The second-order valence-corrected chi connectivity index (χ2v) is 5.90. The van der Waals surface area contributed by atoms with Crippen LogP contribution in [0.4, 0.5) is 5.82 Å². The van der Waals surface area contributed by atoms with Crippen molar-refractivity contribution < 1.29 is 9.53 Å². The van der Waals surface area contributed by atoms with E-state index in [-0.39, 0.29) is 12.5 Å². The third kappa shape index (κ3) is 4.47. The Kier molecular flexibility index (Phi) is 5.14. The average Bonchev–Trinajstić information content (AvgIpc) is 2.92. The molecule has 2 aromatic carbocycles. The van der Waals surface area contributed by atoms with Crippen LogP contribution in [-0.4, -0.2) is 22.3 Å². The maximum absolute atomic E-state index is 12.1. The van der Waals surface area contributed by atoms with Gasteiger partial charge in [-0.2, -0.15) is 5.10 Å². The Hall–Kier alpha value is -3.08. The van der Waals surface area contributed by atoms with Crippen LogP contribution < -0.4 is 10.1 Å². The molecule has 0 fully saturated rings. The summed E-state index contributed by atoms with van der Waals surface area (Å²) < 4.78 is 7.38. The predicted molar refractivity (Wildman–Crippen MR) is 97.8 cm³/mol. The van der Waals surface area contributed by atoms with Gasteiger partial charge in [-0.1, -0.05) is 48.5 Å². The van der Waals surface area contributed by atoms with Crippen LogP contribution in [0.25, 0.3) is 0 Å². The summed E-state index contributed by atoms with van der Waals surface area (Å²) in [7, 11) is 1.79. The number of carbonyl (C=O) groups is 1. The summed E-state index contributed by atoms with van der Waals surface area (Å²) in [5.41, 5.74) is 3.11. The molecule has 3 rings (SSSR count). The van der Waals surface area contributed by atoms with Gasteiger partial charge in [0.25, 0.3) is 5.91 Å². The first-order valence-corrected chi connectivity index (χ1v) is 8.17. The van der Waals surface area contributed by atoms with Crippen molar-refractivity contribution >= 4 is 11.7 Å². The number of hydrogen-bond donors (Lipinski definition) is 1. The van der Waals surface area contributed by atoms with E-state index in [2.05, 4.69) is 22.5 Å². The molecule has 1 amide bonds. The molecule has 25 heavy (non-hydrogen) atoms. The molecule has 1 N–H and O–H groups in total. The lowest BCUT2D eigenvalue weighted by Gasteiger charge is -2.12. The largest absolute Gasteiger partial charge is 0.483 e. The first-order chi connectivity index (χ1) is 12.1. The normalized spacial score (nSPS) is 10.5. The van der Waals surface area contributed by atoms with E-state index in [4.69, 9.17) is 4.74 Å². The number of anilines is 1. The van der Waals surface area contributed by atoms with Crippen molar-refractivity contribution in [1.82, 2.24) is 9.78 Å². The van der Waals surface area contributed by atoms with Gasteiger partial charge in [-0.25, -0.2) is 0 Å². The highest BCUT2D eigenvalue weighted by atomic mass is 16.5. The maximum atomic E-state index is 12.1. The monoisotopic (exact) mass is 335 g/mol. The van der Waals surface area contributed by atoms with Gasteiger partial charge in [0.1, 0.15) is 11.6 Å². The van der Waals surface area contributed by atoms with Crippen LogP contribution >= 0.6 is 0 Å². The Labute approximate surface area is 147 Å². The molecule has 0 spiro atoms. The Morgan fingerprint density at radius 2 is 1.84 bits per heavy atom. The number of benzene rings is 2. The molecule has 0 saturated heterocycles.